The molecule has 3 nitrogen and oxygen atoms in total. The first-order valence-corrected chi connectivity index (χ1v) is 18.5. The van der Waals surface area contributed by atoms with Gasteiger partial charge in [0.05, 0.1) is 33.3 Å². The minimum atomic E-state index is 0.947. The van der Waals surface area contributed by atoms with Crippen molar-refractivity contribution >= 4 is 66.2 Å². The zero-order valence-electron chi connectivity index (χ0n) is 29.2. The molecule has 1 aliphatic rings. The van der Waals surface area contributed by atoms with E-state index in [1.807, 2.05) is 0 Å². The molecule has 0 spiro atoms. The van der Waals surface area contributed by atoms with Gasteiger partial charge in [-0.3, -0.25) is 0 Å². The molecule has 3 aromatic heterocycles. The summed E-state index contributed by atoms with van der Waals surface area (Å²) in [5, 5.41) is 6.39. The van der Waals surface area contributed by atoms with Crippen LogP contribution in [0.25, 0.3) is 83.2 Å². The summed E-state index contributed by atoms with van der Waals surface area (Å²) in [7, 11) is 0. The molecule has 0 unspecified atom stereocenters. The lowest BCUT2D eigenvalue weighted by atomic mass is 9.97. The van der Waals surface area contributed by atoms with Crippen LogP contribution < -0.4 is 0 Å². The molecule has 0 bridgehead atoms. The molecule has 0 saturated carbocycles. The van der Waals surface area contributed by atoms with Gasteiger partial charge in [-0.15, -0.1) is 0 Å². The second kappa shape index (κ2) is 11.9. The minimum Gasteiger partial charge on any atom is -0.310 e. The fourth-order valence-corrected chi connectivity index (χ4v) is 8.84. The lowest BCUT2D eigenvalue weighted by Gasteiger charge is -2.15. The van der Waals surface area contributed by atoms with E-state index in [4.69, 9.17) is 0 Å². The van der Waals surface area contributed by atoms with Crippen LogP contribution in [0.4, 0.5) is 0 Å². The van der Waals surface area contributed by atoms with Crippen LogP contribution in [0.5, 0.6) is 0 Å². The van der Waals surface area contributed by atoms with E-state index in [1.54, 1.807) is 0 Å². The zero-order valence-corrected chi connectivity index (χ0v) is 29.2. The number of rotatable bonds is 4. The van der Waals surface area contributed by atoms with Crippen molar-refractivity contribution < 1.29 is 0 Å². The van der Waals surface area contributed by atoms with Gasteiger partial charge in [-0.05, 0) is 96.3 Å². The predicted octanol–water partition coefficient (Wildman–Crippen LogP) is 12.9. The molecule has 0 amide bonds. The van der Waals surface area contributed by atoms with Crippen molar-refractivity contribution in [3.8, 4) is 17.1 Å². The average Bonchev–Trinajstić information content (AvgIpc) is 3.83. The number of hydrogen-bond acceptors (Lipinski definition) is 0. The van der Waals surface area contributed by atoms with Gasteiger partial charge in [-0.25, -0.2) is 0 Å². The summed E-state index contributed by atoms with van der Waals surface area (Å²) < 4.78 is 7.33. The van der Waals surface area contributed by atoms with Crippen LogP contribution in [0.1, 0.15) is 23.2 Å². The maximum Gasteiger partial charge on any atom is 0.0541 e. The molecule has 0 atom stereocenters. The fourth-order valence-electron chi connectivity index (χ4n) is 8.84. The molecular formula is C50H35N3. The molecule has 250 valence electrons. The summed E-state index contributed by atoms with van der Waals surface area (Å²) in [6.07, 6.45) is 8.97. The molecular weight excluding hydrogens is 643 g/mol. The Bertz CT molecular complexity index is 3000. The van der Waals surface area contributed by atoms with Crippen LogP contribution in [0.15, 0.2) is 182 Å². The number of para-hydroxylation sites is 4. The molecule has 10 aromatic rings. The van der Waals surface area contributed by atoms with Crippen LogP contribution in [0, 0.1) is 0 Å². The van der Waals surface area contributed by atoms with Gasteiger partial charge >= 0.3 is 0 Å². The largest absolute Gasteiger partial charge is 0.310 e. The van der Waals surface area contributed by atoms with Gasteiger partial charge in [-0.2, -0.15) is 0 Å². The summed E-state index contributed by atoms with van der Waals surface area (Å²) in [5.74, 6) is 0. The van der Waals surface area contributed by atoms with Crippen LogP contribution in [-0.2, 0) is 6.42 Å². The Hall–Kier alpha value is -6.84. The van der Waals surface area contributed by atoms with E-state index >= 15 is 0 Å². The molecule has 7 aromatic carbocycles. The zero-order chi connectivity index (χ0) is 34.9. The monoisotopic (exact) mass is 677 g/mol. The molecule has 3 heteroatoms. The highest BCUT2D eigenvalue weighted by atomic mass is 15.0. The summed E-state index contributed by atoms with van der Waals surface area (Å²) in [6, 6.07) is 61.9. The molecule has 0 N–H and O–H groups in total. The van der Waals surface area contributed by atoms with Crippen LogP contribution in [-0.4, -0.2) is 13.7 Å². The van der Waals surface area contributed by atoms with Gasteiger partial charge in [0.15, 0.2) is 0 Å². The SMILES string of the molecule is C1=C\c2c(c3cc(-n4c5ccccc5c5ccccc54)ccc3n2-c2cccc(-n3c4ccccc4c4ccccc43)c2)CC\C=C/1c1ccccc1. The van der Waals surface area contributed by atoms with Crippen molar-refractivity contribution in [3.05, 3.63) is 199 Å². The highest BCUT2D eigenvalue weighted by molar-refractivity contribution is 6.10. The Morgan fingerprint density at radius 2 is 0.849 bits per heavy atom. The topological polar surface area (TPSA) is 14.8 Å². The summed E-state index contributed by atoms with van der Waals surface area (Å²) in [5.41, 5.74) is 14.7. The molecule has 0 fully saturated rings. The van der Waals surface area contributed by atoms with Crippen LogP contribution >= 0.6 is 0 Å². The highest BCUT2D eigenvalue weighted by Crippen LogP contribution is 2.39. The Balaban J connectivity index is 1.16. The van der Waals surface area contributed by atoms with E-state index < -0.39 is 0 Å². The van der Waals surface area contributed by atoms with E-state index in [9.17, 15) is 0 Å². The molecule has 11 rings (SSSR count). The Morgan fingerprint density at radius 1 is 0.358 bits per heavy atom. The van der Waals surface area contributed by atoms with Crippen molar-refractivity contribution in [1.29, 1.82) is 0 Å². The normalized spacial score (nSPS) is 14.8. The minimum absolute atomic E-state index is 0.947. The molecule has 53 heavy (non-hydrogen) atoms. The van der Waals surface area contributed by atoms with Crippen molar-refractivity contribution in [2.24, 2.45) is 0 Å². The van der Waals surface area contributed by atoms with E-state index in [2.05, 4.69) is 202 Å². The first kappa shape index (κ1) is 29.8. The summed E-state index contributed by atoms with van der Waals surface area (Å²) >= 11 is 0. The van der Waals surface area contributed by atoms with E-state index in [-0.39, 0.29) is 0 Å². The first-order chi connectivity index (χ1) is 26.3. The third-order valence-electron chi connectivity index (χ3n) is 11.1. The van der Waals surface area contributed by atoms with Gasteiger partial charge in [0, 0.05) is 44.0 Å². The third kappa shape index (κ3) is 4.60. The Labute approximate surface area is 307 Å². The maximum absolute atomic E-state index is 2.49. The fraction of sp³-hybridized carbons (Fsp3) is 0.0400. The average molecular weight is 678 g/mol. The van der Waals surface area contributed by atoms with Crippen molar-refractivity contribution in [3.63, 3.8) is 0 Å². The maximum atomic E-state index is 2.49. The molecule has 3 heterocycles. The van der Waals surface area contributed by atoms with Crippen molar-refractivity contribution in [1.82, 2.24) is 13.7 Å². The Morgan fingerprint density at radius 3 is 1.43 bits per heavy atom. The predicted molar refractivity (Wildman–Crippen MR) is 224 cm³/mol. The van der Waals surface area contributed by atoms with Gasteiger partial charge in [0.25, 0.3) is 0 Å². The molecule has 0 aliphatic heterocycles. The van der Waals surface area contributed by atoms with Gasteiger partial charge in [-0.1, -0.05) is 121 Å². The number of fused-ring (bicyclic) bond motifs is 9. The number of benzene rings is 7. The van der Waals surface area contributed by atoms with E-state index in [0.29, 0.717) is 0 Å². The summed E-state index contributed by atoms with van der Waals surface area (Å²) in [4.78, 5) is 0. The molecule has 0 saturated heterocycles. The van der Waals surface area contributed by atoms with E-state index in [1.165, 1.54) is 82.6 Å². The standard InChI is InChI=1S/C50H35N3/c1-2-14-34(15-3-1)35-16-12-23-43-44-33-38(53-47-26-10-6-21-41(47)42-22-7-11-27-48(42)53)29-31-50(44)52(49(43)30-28-35)37-18-13-17-36(32-37)51-45-24-8-4-19-39(45)40-20-5-9-25-46(40)51/h1-11,13-22,24-33H,12,23H2/b30-28-,35-16+. The van der Waals surface area contributed by atoms with Crippen LogP contribution in [0.3, 0.4) is 0 Å². The second-order valence-corrected chi connectivity index (χ2v) is 14.1. The van der Waals surface area contributed by atoms with E-state index in [0.717, 1.165) is 24.2 Å². The molecule has 0 radical (unpaired) electrons. The molecule has 1 aliphatic carbocycles. The van der Waals surface area contributed by atoms with Gasteiger partial charge < -0.3 is 13.7 Å². The van der Waals surface area contributed by atoms with Gasteiger partial charge in [0.2, 0.25) is 0 Å². The quantitative estimate of drug-likeness (QED) is 0.176. The van der Waals surface area contributed by atoms with Crippen LogP contribution in [0.2, 0.25) is 0 Å². The number of nitrogens with zero attached hydrogens (tertiary/aromatic N) is 3. The number of aromatic nitrogens is 3. The lowest BCUT2D eigenvalue weighted by Crippen LogP contribution is -2.01. The third-order valence-corrected chi connectivity index (χ3v) is 11.1. The summed E-state index contributed by atoms with van der Waals surface area (Å²) in [6.45, 7) is 0. The second-order valence-electron chi connectivity index (χ2n) is 14.1. The van der Waals surface area contributed by atoms with Crippen molar-refractivity contribution in [2.45, 2.75) is 12.8 Å². The number of allylic oxidation sites excluding steroid dienone is 3. The lowest BCUT2D eigenvalue weighted by molar-refractivity contribution is 0.984. The highest BCUT2D eigenvalue weighted by Gasteiger charge is 2.21. The smallest absolute Gasteiger partial charge is 0.0541 e. The first-order valence-electron chi connectivity index (χ1n) is 18.5. The van der Waals surface area contributed by atoms with Gasteiger partial charge in [0.1, 0.15) is 0 Å². The number of aryl methyl sites for hydroxylation is 1. The van der Waals surface area contributed by atoms with Crippen molar-refractivity contribution in [2.75, 3.05) is 0 Å². The number of hydrogen-bond donors (Lipinski definition) is 0. The Kier molecular flexibility index (Phi) is 6.68.